The Balaban J connectivity index is 1.80. The first kappa shape index (κ1) is 11.9. The van der Waals surface area contributed by atoms with Crippen molar-refractivity contribution in [2.24, 2.45) is 0 Å². The van der Waals surface area contributed by atoms with Crippen molar-refractivity contribution >= 4 is 17.7 Å². The van der Waals surface area contributed by atoms with Crippen molar-refractivity contribution in [1.29, 1.82) is 0 Å². The van der Waals surface area contributed by atoms with Crippen molar-refractivity contribution in [1.82, 2.24) is 5.32 Å². The minimum absolute atomic E-state index is 0.0690. The summed E-state index contributed by atoms with van der Waals surface area (Å²) < 4.78 is 5.05. The van der Waals surface area contributed by atoms with Crippen LogP contribution in [0, 0.1) is 0 Å². The van der Waals surface area contributed by atoms with E-state index in [2.05, 4.69) is 5.32 Å². The quantitative estimate of drug-likeness (QED) is 0.875. The fourth-order valence-corrected chi connectivity index (χ4v) is 4.02. The molecule has 0 aromatic heterocycles. The van der Waals surface area contributed by atoms with Gasteiger partial charge in [-0.2, -0.15) is 0 Å². The van der Waals surface area contributed by atoms with E-state index < -0.39 is 12.0 Å². The Labute approximate surface area is 110 Å². The normalized spacial score (nSPS) is 28.3. The summed E-state index contributed by atoms with van der Waals surface area (Å²) in [5, 5.41) is 12.5. The third kappa shape index (κ3) is 1.87. The van der Waals surface area contributed by atoms with Crippen molar-refractivity contribution < 1.29 is 14.6 Å². The van der Waals surface area contributed by atoms with Crippen molar-refractivity contribution in [3.8, 4) is 5.75 Å². The van der Waals surface area contributed by atoms with Crippen molar-refractivity contribution in [3.63, 3.8) is 0 Å². The Morgan fingerprint density at radius 3 is 2.56 bits per heavy atom. The number of nitrogens with one attached hydrogen (secondary N) is 1. The van der Waals surface area contributed by atoms with Gasteiger partial charge in [-0.1, -0.05) is 12.1 Å². The molecule has 4 nitrogen and oxygen atoms in total. The molecule has 18 heavy (non-hydrogen) atoms. The molecular weight excluding hydrogens is 250 g/mol. The Morgan fingerprint density at radius 1 is 1.44 bits per heavy atom. The standard InChI is InChI=1S/C13H15NO3S/c1-17-9-4-2-8(3-5-9)11-14-10(12(15)16)13(18-11)6-7-13/h2-5,10-11,14H,6-7H2,1H3,(H,15,16)/t10-,11?/m0/s1. The molecule has 2 N–H and O–H groups in total. The van der Waals surface area contributed by atoms with Gasteiger partial charge in [0.2, 0.25) is 0 Å². The predicted molar refractivity (Wildman–Crippen MR) is 69.9 cm³/mol. The van der Waals surface area contributed by atoms with Gasteiger partial charge in [0.05, 0.1) is 12.5 Å². The predicted octanol–water partition coefficient (Wildman–Crippen LogP) is 2.02. The van der Waals surface area contributed by atoms with Gasteiger partial charge in [0.25, 0.3) is 0 Å². The molecule has 1 aromatic rings. The van der Waals surface area contributed by atoms with Gasteiger partial charge in [-0.3, -0.25) is 10.1 Å². The number of carboxylic acid groups (broad SMARTS) is 1. The molecule has 0 bridgehead atoms. The number of carbonyl (C=O) groups is 1. The first-order chi connectivity index (χ1) is 8.64. The Kier molecular flexibility index (Phi) is 2.75. The van der Waals surface area contributed by atoms with Crippen LogP contribution in [0.4, 0.5) is 0 Å². The zero-order valence-electron chi connectivity index (χ0n) is 10.1. The number of carboxylic acids is 1. The van der Waals surface area contributed by atoms with E-state index in [0.29, 0.717) is 0 Å². The van der Waals surface area contributed by atoms with Gasteiger partial charge < -0.3 is 9.84 Å². The molecule has 1 aliphatic carbocycles. The SMILES string of the molecule is COc1ccc(C2N[C@@H](C(=O)O)C3(CC3)S2)cc1. The molecule has 5 heteroatoms. The molecule has 1 unspecified atom stereocenters. The molecule has 3 rings (SSSR count). The molecule has 1 aromatic carbocycles. The van der Waals surface area contributed by atoms with Gasteiger partial charge in [0.1, 0.15) is 11.8 Å². The monoisotopic (exact) mass is 265 g/mol. The summed E-state index contributed by atoms with van der Waals surface area (Å²) in [5.74, 6) is 0.0775. The average Bonchev–Trinajstić information content (AvgIpc) is 3.02. The third-order valence-electron chi connectivity index (χ3n) is 3.61. The van der Waals surface area contributed by atoms with Gasteiger partial charge in [-0.15, -0.1) is 11.8 Å². The summed E-state index contributed by atoms with van der Waals surface area (Å²) in [6, 6.07) is 7.37. The highest BCUT2D eigenvalue weighted by molar-refractivity contribution is 8.01. The molecule has 1 saturated carbocycles. The van der Waals surface area contributed by atoms with E-state index in [4.69, 9.17) is 4.74 Å². The highest BCUT2D eigenvalue weighted by atomic mass is 32.2. The first-order valence-corrected chi connectivity index (χ1v) is 6.83. The second-order valence-electron chi connectivity index (χ2n) is 4.77. The summed E-state index contributed by atoms with van der Waals surface area (Å²) >= 11 is 1.75. The summed E-state index contributed by atoms with van der Waals surface area (Å²) in [5.41, 5.74) is 1.11. The van der Waals surface area contributed by atoms with E-state index in [1.165, 1.54) is 0 Å². The van der Waals surface area contributed by atoms with Crippen LogP contribution in [-0.4, -0.2) is 29.0 Å². The maximum atomic E-state index is 11.2. The average molecular weight is 265 g/mol. The fourth-order valence-electron chi connectivity index (χ4n) is 2.41. The van der Waals surface area contributed by atoms with E-state index >= 15 is 0 Å². The molecular formula is C13H15NO3S. The van der Waals surface area contributed by atoms with E-state index in [1.807, 2.05) is 24.3 Å². The number of methoxy groups -OCH3 is 1. The lowest BCUT2D eigenvalue weighted by atomic mass is 10.1. The molecule has 96 valence electrons. The van der Waals surface area contributed by atoms with Crippen molar-refractivity contribution in [2.75, 3.05) is 7.11 Å². The van der Waals surface area contributed by atoms with Crippen LogP contribution in [0.1, 0.15) is 23.8 Å². The zero-order chi connectivity index (χ0) is 12.8. The lowest BCUT2D eigenvalue weighted by Gasteiger charge is -2.11. The molecule has 2 fully saturated rings. The minimum Gasteiger partial charge on any atom is -0.497 e. The number of hydrogen-bond donors (Lipinski definition) is 2. The van der Waals surface area contributed by atoms with Crippen LogP contribution in [-0.2, 0) is 4.79 Å². The Bertz CT molecular complexity index is 470. The molecule has 1 saturated heterocycles. The largest absolute Gasteiger partial charge is 0.497 e. The van der Waals surface area contributed by atoms with Gasteiger partial charge in [-0.05, 0) is 30.5 Å². The number of thioether (sulfide) groups is 1. The summed E-state index contributed by atoms with van der Waals surface area (Å²) in [7, 11) is 1.64. The number of rotatable bonds is 3. The molecule has 0 radical (unpaired) electrons. The second-order valence-corrected chi connectivity index (χ2v) is 6.29. The third-order valence-corrected chi connectivity index (χ3v) is 5.36. The molecule has 1 aliphatic heterocycles. The van der Waals surface area contributed by atoms with Crippen LogP contribution in [0.3, 0.4) is 0 Å². The minimum atomic E-state index is -0.740. The van der Waals surface area contributed by atoms with Gasteiger partial charge >= 0.3 is 5.97 Å². The van der Waals surface area contributed by atoms with Crippen LogP contribution in [0.25, 0.3) is 0 Å². The van der Waals surface area contributed by atoms with Gasteiger partial charge in [-0.25, -0.2) is 0 Å². The maximum Gasteiger partial charge on any atom is 0.322 e. The molecule has 0 amide bonds. The number of hydrogen-bond acceptors (Lipinski definition) is 4. The zero-order valence-corrected chi connectivity index (χ0v) is 10.9. The summed E-state index contributed by atoms with van der Waals surface area (Å²) in [4.78, 5) is 11.2. The molecule has 1 spiro atoms. The highest BCUT2D eigenvalue weighted by Gasteiger charge is 2.59. The lowest BCUT2D eigenvalue weighted by Crippen LogP contribution is -2.39. The first-order valence-electron chi connectivity index (χ1n) is 5.95. The van der Waals surface area contributed by atoms with Gasteiger partial charge in [0, 0.05) is 4.75 Å². The second kappa shape index (κ2) is 4.17. The van der Waals surface area contributed by atoms with Crippen molar-refractivity contribution in [3.05, 3.63) is 29.8 Å². The number of benzene rings is 1. The van der Waals surface area contributed by atoms with Crippen molar-refractivity contribution in [2.45, 2.75) is 29.0 Å². The van der Waals surface area contributed by atoms with E-state index in [9.17, 15) is 9.90 Å². The van der Waals surface area contributed by atoms with Crippen LogP contribution in [0.2, 0.25) is 0 Å². The molecule has 1 heterocycles. The summed E-state index contributed by atoms with van der Waals surface area (Å²) in [6.07, 6.45) is 1.99. The van der Waals surface area contributed by atoms with Crippen LogP contribution >= 0.6 is 11.8 Å². The van der Waals surface area contributed by atoms with Crippen LogP contribution in [0.5, 0.6) is 5.75 Å². The Hall–Kier alpha value is -1.20. The topological polar surface area (TPSA) is 58.6 Å². The van der Waals surface area contributed by atoms with Crippen LogP contribution in [0.15, 0.2) is 24.3 Å². The summed E-state index contributed by atoms with van der Waals surface area (Å²) in [6.45, 7) is 0. The number of ether oxygens (including phenoxy) is 1. The van der Waals surface area contributed by atoms with E-state index in [-0.39, 0.29) is 10.1 Å². The lowest BCUT2D eigenvalue weighted by molar-refractivity contribution is -0.139. The molecule has 2 aliphatic rings. The van der Waals surface area contributed by atoms with Crippen LogP contribution < -0.4 is 10.1 Å². The van der Waals surface area contributed by atoms with E-state index in [0.717, 1.165) is 24.2 Å². The maximum absolute atomic E-state index is 11.2. The smallest absolute Gasteiger partial charge is 0.322 e. The number of aliphatic carboxylic acids is 1. The van der Waals surface area contributed by atoms with E-state index in [1.54, 1.807) is 18.9 Å². The van der Waals surface area contributed by atoms with Gasteiger partial charge in [0.15, 0.2) is 0 Å². The Morgan fingerprint density at radius 2 is 2.11 bits per heavy atom. The molecule has 2 atom stereocenters. The fraction of sp³-hybridized carbons (Fsp3) is 0.462. The highest BCUT2D eigenvalue weighted by Crippen LogP contribution is 2.60.